The minimum Gasteiger partial charge on any atom is -0.395 e. The third kappa shape index (κ3) is 3.22. The molecule has 5 heteroatoms. The van der Waals surface area contributed by atoms with E-state index in [1.807, 2.05) is 6.92 Å². The zero-order valence-electron chi connectivity index (χ0n) is 11.3. The first kappa shape index (κ1) is 13.5. The van der Waals surface area contributed by atoms with Crippen LogP contribution in [0.25, 0.3) is 0 Å². The van der Waals surface area contributed by atoms with E-state index in [9.17, 15) is 4.79 Å². The van der Waals surface area contributed by atoms with Crippen molar-refractivity contribution in [1.29, 1.82) is 0 Å². The van der Waals surface area contributed by atoms with Crippen LogP contribution in [0, 0.1) is 5.41 Å². The van der Waals surface area contributed by atoms with E-state index in [0.717, 1.165) is 12.1 Å². The predicted octanol–water partition coefficient (Wildman–Crippen LogP) is 1.67. The summed E-state index contributed by atoms with van der Waals surface area (Å²) in [6.45, 7) is 8.89. The number of nitrogens with one attached hydrogen (secondary N) is 1. The molecule has 17 heavy (non-hydrogen) atoms. The predicted molar refractivity (Wildman–Crippen MR) is 68.8 cm³/mol. The van der Waals surface area contributed by atoms with Gasteiger partial charge in [0.2, 0.25) is 0 Å². The van der Waals surface area contributed by atoms with E-state index < -0.39 is 0 Å². The lowest BCUT2D eigenvalue weighted by Crippen LogP contribution is -2.35. The molecular weight excluding hydrogens is 216 g/mol. The van der Waals surface area contributed by atoms with Crippen molar-refractivity contribution < 1.29 is 4.79 Å². The molecule has 0 unspecified atom stereocenters. The number of aromatic nitrogens is 2. The van der Waals surface area contributed by atoms with E-state index in [-0.39, 0.29) is 11.3 Å². The fourth-order valence-electron chi connectivity index (χ4n) is 1.78. The van der Waals surface area contributed by atoms with Crippen molar-refractivity contribution in [3.8, 4) is 0 Å². The van der Waals surface area contributed by atoms with Gasteiger partial charge in [0.05, 0.1) is 11.4 Å². The Hall–Kier alpha value is -1.52. The summed E-state index contributed by atoms with van der Waals surface area (Å²) in [7, 11) is 1.77. The van der Waals surface area contributed by atoms with Crippen LogP contribution in [0.3, 0.4) is 0 Å². The standard InChI is InChI=1S/C12H22N4O/c1-6-8-9(13)10(15-14-8)11(17)16(5)7-12(2,3)4/h6-7,13H2,1-5H3,(H,14,15). The number of rotatable bonds is 3. The summed E-state index contributed by atoms with van der Waals surface area (Å²) in [6, 6.07) is 0. The minimum absolute atomic E-state index is 0.0586. The van der Waals surface area contributed by atoms with E-state index in [2.05, 4.69) is 31.0 Å². The van der Waals surface area contributed by atoms with Crippen molar-refractivity contribution in [3.05, 3.63) is 11.4 Å². The Kier molecular flexibility index (Phi) is 3.80. The topological polar surface area (TPSA) is 75.0 Å². The normalized spacial score (nSPS) is 11.6. The second-order valence-corrected chi connectivity index (χ2v) is 5.54. The highest BCUT2D eigenvalue weighted by Crippen LogP contribution is 2.19. The molecular formula is C12H22N4O. The molecule has 0 saturated carbocycles. The van der Waals surface area contributed by atoms with Crippen molar-refractivity contribution in [3.63, 3.8) is 0 Å². The lowest BCUT2D eigenvalue weighted by atomic mass is 9.96. The van der Waals surface area contributed by atoms with E-state index in [0.29, 0.717) is 17.9 Å². The molecule has 0 spiro atoms. The average molecular weight is 238 g/mol. The molecule has 0 aliphatic carbocycles. The van der Waals surface area contributed by atoms with Gasteiger partial charge in [-0.25, -0.2) is 0 Å². The zero-order valence-corrected chi connectivity index (χ0v) is 11.3. The smallest absolute Gasteiger partial charge is 0.276 e. The van der Waals surface area contributed by atoms with Crippen LogP contribution in [0.5, 0.6) is 0 Å². The van der Waals surface area contributed by atoms with Crippen molar-refractivity contribution in [2.75, 3.05) is 19.3 Å². The number of carbonyl (C=O) groups excluding carboxylic acids is 1. The van der Waals surface area contributed by atoms with Gasteiger partial charge in [-0.3, -0.25) is 9.89 Å². The number of aromatic amines is 1. The van der Waals surface area contributed by atoms with E-state index in [1.54, 1.807) is 11.9 Å². The molecule has 1 amide bonds. The zero-order chi connectivity index (χ0) is 13.2. The summed E-state index contributed by atoms with van der Waals surface area (Å²) in [5.74, 6) is -0.131. The number of carbonyl (C=O) groups is 1. The molecule has 3 N–H and O–H groups in total. The average Bonchev–Trinajstić information content (AvgIpc) is 2.55. The Bertz CT molecular complexity index is 403. The van der Waals surface area contributed by atoms with Gasteiger partial charge in [0.15, 0.2) is 5.69 Å². The Morgan fingerprint density at radius 1 is 1.47 bits per heavy atom. The number of nitrogen functional groups attached to an aromatic ring is 1. The summed E-state index contributed by atoms with van der Waals surface area (Å²) in [5.41, 5.74) is 7.55. The summed E-state index contributed by atoms with van der Waals surface area (Å²) >= 11 is 0. The van der Waals surface area contributed by atoms with Gasteiger partial charge in [0.25, 0.3) is 5.91 Å². The molecule has 5 nitrogen and oxygen atoms in total. The first-order valence-electron chi connectivity index (χ1n) is 5.84. The van der Waals surface area contributed by atoms with Gasteiger partial charge in [0, 0.05) is 13.6 Å². The molecule has 1 heterocycles. The van der Waals surface area contributed by atoms with Gasteiger partial charge >= 0.3 is 0 Å². The summed E-state index contributed by atoms with van der Waals surface area (Å²) in [5, 5.41) is 6.80. The lowest BCUT2D eigenvalue weighted by molar-refractivity contribution is 0.0741. The first-order valence-corrected chi connectivity index (χ1v) is 5.84. The number of H-pyrrole nitrogens is 1. The van der Waals surface area contributed by atoms with Crippen LogP contribution in [0.1, 0.15) is 43.9 Å². The first-order chi connectivity index (χ1) is 7.76. The number of nitrogens with zero attached hydrogens (tertiary/aromatic N) is 2. The number of anilines is 1. The van der Waals surface area contributed by atoms with Crippen molar-refractivity contribution in [2.24, 2.45) is 5.41 Å². The van der Waals surface area contributed by atoms with Crippen LogP contribution in [-0.2, 0) is 6.42 Å². The monoisotopic (exact) mass is 238 g/mol. The maximum Gasteiger partial charge on any atom is 0.276 e. The molecule has 1 rings (SSSR count). The third-order valence-corrected chi connectivity index (χ3v) is 2.50. The number of nitrogens with two attached hydrogens (primary N) is 1. The number of hydrogen-bond donors (Lipinski definition) is 2. The van der Waals surface area contributed by atoms with E-state index >= 15 is 0 Å². The van der Waals surface area contributed by atoms with Crippen LogP contribution in [0.15, 0.2) is 0 Å². The van der Waals surface area contributed by atoms with Gasteiger partial charge < -0.3 is 10.6 Å². The van der Waals surface area contributed by atoms with E-state index in [1.165, 1.54) is 0 Å². The summed E-state index contributed by atoms with van der Waals surface area (Å²) in [4.78, 5) is 13.8. The van der Waals surface area contributed by atoms with Crippen LogP contribution in [0.2, 0.25) is 0 Å². The van der Waals surface area contributed by atoms with Gasteiger partial charge in [-0.1, -0.05) is 27.7 Å². The second-order valence-electron chi connectivity index (χ2n) is 5.54. The Morgan fingerprint density at radius 3 is 2.47 bits per heavy atom. The van der Waals surface area contributed by atoms with Crippen LogP contribution >= 0.6 is 0 Å². The van der Waals surface area contributed by atoms with Crippen LogP contribution < -0.4 is 5.73 Å². The van der Waals surface area contributed by atoms with Gasteiger partial charge in [-0.15, -0.1) is 0 Å². The largest absolute Gasteiger partial charge is 0.395 e. The molecule has 0 aliphatic heterocycles. The maximum absolute atomic E-state index is 12.1. The Labute approximate surface area is 102 Å². The van der Waals surface area contributed by atoms with Gasteiger partial charge in [-0.05, 0) is 11.8 Å². The number of aryl methyl sites for hydroxylation is 1. The SMILES string of the molecule is CCc1[nH]nc(C(=O)N(C)CC(C)(C)C)c1N. The maximum atomic E-state index is 12.1. The fourth-order valence-corrected chi connectivity index (χ4v) is 1.78. The van der Waals surface area contributed by atoms with E-state index in [4.69, 9.17) is 5.73 Å². The summed E-state index contributed by atoms with van der Waals surface area (Å²) < 4.78 is 0. The number of amides is 1. The molecule has 96 valence electrons. The van der Waals surface area contributed by atoms with Gasteiger partial charge in [0.1, 0.15) is 0 Å². The fraction of sp³-hybridized carbons (Fsp3) is 0.667. The second kappa shape index (κ2) is 4.77. The lowest BCUT2D eigenvalue weighted by Gasteiger charge is -2.26. The number of hydrogen-bond acceptors (Lipinski definition) is 3. The molecule has 0 saturated heterocycles. The molecule has 0 aromatic carbocycles. The molecule has 0 bridgehead atoms. The third-order valence-electron chi connectivity index (χ3n) is 2.50. The Morgan fingerprint density at radius 2 is 2.06 bits per heavy atom. The van der Waals surface area contributed by atoms with Crippen LogP contribution in [0.4, 0.5) is 5.69 Å². The van der Waals surface area contributed by atoms with Crippen LogP contribution in [-0.4, -0.2) is 34.6 Å². The molecule has 0 fully saturated rings. The highest BCUT2D eigenvalue weighted by Gasteiger charge is 2.23. The Balaban J connectivity index is 2.85. The molecule has 1 aromatic heterocycles. The highest BCUT2D eigenvalue weighted by molar-refractivity contribution is 5.97. The summed E-state index contributed by atoms with van der Waals surface area (Å²) in [6.07, 6.45) is 0.745. The van der Waals surface area contributed by atoms with Gasteiger partial charge in [-0.2, -0.15) is 5.10 Å². The van der Waals surface area contributed by atoms with Crippen molar-refractivity contribution in [1.82, 2.24) is 15.1 Å². The molecule has 0 atom stereocenters. The van der Waals surface area contributed by atoms with Crippen molar-refractivity contribution in [2.45, 2.75) is 34.1 Å². The van der Waals surface area contributed by atoms with Crippen molar-refractivity contribution >= 4 is 11.6 Å². The molecule has 1 aromatic rings. The highest BCUT2D eigenvalue weighted by atomic mass is 16.2. The minimum atomic E-state index is -0.131. The molecule has 0 radical (unpaired) electrons. The molecule has 0 aliphatic rings. The quantitative estimate of drug-likeness (QED) is 0.841.